The average molecular weight is 360 g/mol. The van der Waals surface area contributed by atoms with E-state index in [-0.39, 0.29) is 5.69 Å². The van der Waals surface area contributed by atoms with Crippen molar-refractivity contribution in [3.05, 3.63) is 74.8 Å². The zero-order valence-corrected chi connectivity index (χ0v) is 14.5. The van der Waals surface area contributed by atoms with Gasteiger partial charge in [-0.15, -0.1) is 0 Å². The van der Waals surface area contributed by atoms with Crippen LogP contribution in [-0.4, -0.2) is 42.3 Å². The first-order chi connectivity index (χ1) is 12.1. The molecule has 0 amide bonds. The number of nitrogens with one attached hydrogen (secondary N) is 1. The summed E-state index contributed by atoms with van der Waals surface area (Å²) in [6, 6.07) is 14.5. The molecule has 25 heavy (non-hydrogen) atoms. The number of nitro benzene ring substituents is 1. The fourth-order valence-electron chi connectivity index (χ4n) is 2.86. The van der Waals surface area contributed by atoms with E-state index in [4.69, 9.17) is 11.6 Å². The molecule has 0 aromatic heterocycles. The molecule has 2 aromatic carbocycles. The van der Waals surface area contributed by atoms with Gasteiger partial charge in [-0.05, 0) is 12.1 Å². The van der Waals surface area contributed by atoms with Crippen LogP contribution in [0.25, 0.3) is 0 Å². The van der Waals surface area contributed by atoms with E-state index in [2.05, 4.69) is 17.2 Å². The molecule has 1 heterocycles. The molecule has 7 heteroatoms. The topological polar surface area (TPSA) is 63.2 Å². The van der Waals surface area contributed by atoms with Gasteiger partial charge in [0.05, 0.1) is 37.3 Å². The minimum atomic E-state index is -0.393. The summed E-state index contributed by atoms with van der Waals surface area (Å²) in [5.74, 6) is 0. The molecular weight excluding hydrogens is 340 g/mol. The van der Waals surface area contributed by atoms with E-state index in [1.165, 1.54) is 22.6 Å². The van der Waals surface area contributed by atoms with E-state index >= 15 is 0 Å². The average Bonchev–Trinajstić information content (AvgIpc) is 2.63. The summed E-state index contributed by atoms with van der Waals surface area (Å²) in [5, 5.41) is 18.0. The number of quaternary nitrogens is 1. The van der Waals surface area contributed by atoms with Crippen LogP contribution in [0.5, 0.6) is 0 Å². The second-order valence-corrected chi connectivity index (χ2v) is 6.54. The van der Waals surface area contributed by atoms with E-state index in [0.29, 0.717) is 0 Å². The summed E-state index contributed by atoms with van der Waals surface area (Å²) in [6.07, 6.45) is 1.69. The van der Waals surface area contributed by atoms with Gasteiger partial charge in [0.2, 0.25) is 0 Å². The molecule has 1 fully saturated rings. The van der Waals surface area contributed by atoms with Crippen LogP contribution in [0.1, 0.15) is 11.1 Å². The summed E-state index contributed by atoms with van der Waals surface area (Å²) in [7, 11) is 0. The molecule has 130 valence electrons. The highest BCUT2D eigenvalue weighted by atomic mass is 35.5. The monoisotopic (exact) mass is 359 g/mol. The molecule has 0 radical (unpaired) electrons. The van der Waals surface area contributed by atoms with Gasteiger partial charge >= 0.3 is 0 Å². The van der Waals surface area contributed by atoms with Gasteiger partial charge in [-0.3, -0.25) is 15.1 Å². The number of hydrogen-bond acceptors (Lipinski definition) is 4. The number of hydrazone groups is 1. The van der Waals surface area contributed by atoms with E-state index in [0.717, 1.165) is 43.3 Å². The van der Waals surface area contributed by atoms with Crippen molar-refractivity contribution in [2.24, 2.45) is 5.10 Å². The van der Waals surface area contributed by atoms with E-state index < -0.39 is 4.92 Å². The Bertz CT molecular complexity index is 756. The van der Waals surface area contributed by atoms with Gasteiger partial charge in [0, 0.05) is 28.3 Å². The third-order valence-electron chi connectivity index (χ3n) is 4.27. The summed E-state index contributed by atoms with van der Waals surface area (Å²) in [5.41, 5.74) is 2.11. The minimum absolute atomic E-state index is 0.0844. The highest BCUT2D eigenvalue weighted by molar-refractivity contribution is 6.30. The van der Waals surface area contributed by atoms with Gasteiger partial charge in [-0.1, -0.05) is 35.9 Å². The zero-order chi connectivity index (χ0) is 17.6. The molecule has 1 aliphatic heterocycles. The highest BCUT2D eigenvalue weighted by Gasteiger charge is 2.18. The number of hydrogen-bond donors (Lipinski definition) is 1. The summed E-state index contributed by atoms with van der Waals surface area (Å²) >= 11 is 5.92. The maximum atomic E-state index is 10.8. The van der Waals surface area contributed by atoms with Gasteiger partial charge in [0.15, 0.2) is 0 Å². The molecule has 6 nitrogen and oxygen atoms in total. The lowest BCUT2D eigenvalue weighted by Crippen LogP contribution is -3.13. The molecule has 3 rings (SSSR count). The minimum Gasteiger partial charge on any atom is -0.328 e. The van der Waals surface area contributed by atoms with Crippen molar-refractivity contribution >= 4 is 23.5 Å². The fraction of sp³-hybridized carbons (Fsp3) is 0.278. The molecule has 1 N–H and O–H groups in total. The molecule has 0 unspecified atom stereocenters. The van der Waals surface area contributed by atoms with Crippen molar-refractivity contribution in [3.63, 3.8) is 0 Å². The number of rotatable bonds is 5. The Morgan fingerprint density at radius 3 is 2.60 bits per heavy atom. The predicted octanol–water partition coefficient (Wildman–Crippen LogP) is 1.98. The first-order valence-corrected chi connectivity index (χ1v) is 8.59. The second-order valence-electron chi connectivity index (χ2n) is 6.10. The van der Waals surface area contributed by atoms with Crippen LogP contribution >= 0.6 is 11.6 Å². The maximum Gasteiger partial charge on any atom is 0.270 e. The van der Waals surface area contributed by atoms with Crippen LogP contribution < -0.4 is 4.90 Å². The molecule has 2 aromatic rings. The second kappa shape index (κ2) is 8.09. The Hall–Kier alpha value is -2.44. The molecular formula is C18H20ClN4O2+. The number of piperazine rings is 1. The third kappa shape index (κ3) is 5.01. The number of benzene rings is 2. The number of nitro groups is 1. The van der Waals surface area contributed by atoms with Crippen molar-refractivity contribution in [2.75, 3.05) is 26.2 Å². The summed E-state index contributed by atoms with van der Waals surface area (Å²) in [6.45, 7) is 4.74. The number of non-ortho nitro benzene ring substituents is 1. The standard InChI is InChI=1S/C18H19ClN4O2/c19-17-6-4-15(5-7-17)14-21-8-10-22(11-9-21)20-13-16-2-1-3-18(12-16)23(24)25/h1-7,12-13H,8-11,14H2/p+1. The largest absolute Gasteiger partial charge is 0.328 e. The maximum absolute atomic E-state index is 10.8. The van der Waals surface area contributed by atoms with Gasteiger partial charge in [0.25, 0.3) is 5.69 Å². The Balaban J connectivity index is 1.51. The fourth-order valence-corrected chi connectivity index (χ4v) is 2.99. The van der Waals surface area contributed by atoms with E-state index in [9.17, 15) is 10.1 Å². The molecule has 0 aliphatic carbocycles. The molecule has 0 spiro atoms. The summed E-state index contributed by atoms with van der Waals surface area (Å²) < 4.78 is 0. The highest BCUT2D eigenvalue weighted by Crippen LogP contribution is 2.12. The van der Waals surface area contributed by atoms with Gasteiger partial charge in [-0.25, -0.2) is 0 Å². The van der Waals surface area contributed by atoms with Crippen LogP contribution in [-0.2, 0) is 6.54 Å². The van der Waals surface area contributed by atoms with E-state index in [1.807, 2.05) is 23.2 Å². The number of halogens is 1. The van der Waals surface area contributed by atoms with Gasteiger partial charge in [0.1, 0.15) is 6.54 Å². The van der Waals surface area contributed by atoms with Gasteiger partial charge < -0.3 is 4.90 Å². The lowest BCUT2D eigenvalue weighted by molar-refractivity contribution is -0.918. The molecule has 0 saturated carbocycles. The van der Waals surface area contributed by atoms with Crippen molar-refractivity contribution in [3.8, 4) is 0 Å². The van der Waals surface area contributed by atoms with Crippen molar-refractivity contribution in [2.45, 2.75) is 6.54 Å². The van der Waals surface area contributed by atoms with Crippen LogP contribution in [0, 0.1) is 10.1 Å². The van der Waals surface area contributed by atoms with Crippen molar-refractivity contribution < 1.29 is 9.82 Å². The van der Waals surface area contributed by atoms with Crippen molar-refractivity contribution in [1.29, 1.82) is 0 Å². The molecule has 0 atom stereocenters. The first-order valence-electron chi connectivity index (χ1n) is 8.21. The first kappa shape index (κ1) is 17.4. The van der Waals surface area contributed by atoms with Crippen LogP contribution in [0.3, 0.4) is 0 Å². The normalized spacial score (nSPS) is 15.6. The van der Waals surface area contributed by atoms with Gasteiger partial charge in [-0.2, -0.15) is 5.10 Å². The smallest absolute Gasteiger partial charge is 0.270 e. The Labute approximate surface area is 151 Å². The predicted molar refractivity (Wildman–Crippen MR) is 98.1 cm³/mol. The Morgan fingerprint density at radius 2 is 1.92 bits per heavy atom. The Kier molecular flexibility index (Phi) is 5.63. The lowest BCUT2D eigenvalue weighted by atomic mass is 10.2. The number of nitrogens with zero attached hydrogens (tertiary/aromatic N) is 3. The van der Waals surface area contributed by atoms with Crippen LogP contribution in [0.15, 0.2) is 53.6 Å². The molecule has 1 saturated heterocycles. The molecule has 0 bridgehead atoms. The van der Waals surface area contributed by atoms with Crippen LogP contribution in [0.2, 0.25) is 5.02 Å². The lowest BCUT2D eigenvalue weighted by Gasteiger charge is -2.30. The SMILES string of the molecule is O=[N+]([O-])c1cccc(C=NN2CC[NH+](Cc3ccc(Cl)cc3)CC2)c1. The van der Waals surface area contributed by atoms with E-state index in [1.54, 1.807) is 12.3 Å². The Morgan fingerprint density at radius 1 is 1.20 bits per heavy atom. The summed E-state index contributed by atoms with van der Waals surface area (Å²) in [4.78, 5) is 11.9. The molecule has 1 aliphatic rings. The quantitative estimate of drug-likeness (QED) is 0.504. The van der Waals surface area contributed by atoms with Crippen LogP contribution in [0.4, 0.5) is 5.69 Å². The van der Waals surface area contributed by atoms with Crippen molar-refractivity contribution in [1.82, 2.24) is 5.01 Å². The third-order valence-corrected chi connectivity index (χ3v) is 4.52. The zero-order valence-electron chi connectivity index (χ0n) is 13.8.